The summed E-state index contributed by atoms with van der Waals surface area (Å²) in [7, 11) is 3.30. The summed E-state index contributed by atoms with van der Waals surface area (Å²) >= 11 is 0. The molecule has 0 aliphatic heterocycles. The number of aliphatic imine (C=N–C) groups is 1. The molecule has 0 aromatic heterocycles. The van der Waals surface area contributed by atoms with Crippen molar-refractivity contribution in [3.05, 3.63) is 65.2 Å². The van der Waals surface area contributed by atoms with Gasteiger partial charge in [-0.3, -0.25) is 4.99 Å². The van der Waals surface area contributed by atoms with Gasteiger partial charge < -0.3 is 15.4 Å². The number of ether oxygens (including phenoxy) is 1. The molecular weight excluding hydrogens is 451 g/mol. The first-order chi connectivity index (χ1) is 12.1. The Balaban J connectivity index is 0.00000243. The lowest BCUT2D eigenvalue weighted by Crippen LogP contribution is -2.38. The second-order valence-corrected chi connectivity index (χ2v) is 6.01. The first-order valence-corrected chi connectivity index (χ1v) is 8.16. The van der Waals surface area contributed by atoms with E-state index in [0.717, 1.165) is 11.3 Å². The van der Waals surface area contributed by atoms with E-state index in [9.17, 15) is 8.78 Å². The molecule has 1 fully saturated rings. The largest absolute Gasteiger partial charge is 0.497 e. The van der Waals surface area contributed by atoms with Crippen LogP contribution < -0.4 is 15.4 Å². The molecule has 7 heteroatoms. The fourth-order valence-electron chi connectivity index (χ4n) is 2.88. The number of methoxy groups -OCH3 is 1. The van der Waals surface area contributed by atoms with Crippen molar-refractivity contribution in [2.75, 3.05) is 14.2 Å². The second kappa shape index (κ2) is 9.16. The molecule has 0 spiro atoms. The van der Waals surface area contributed by atoms with Crippen molar-refractivity contribution >= 4 is 29.9 Å². The number of nitrogens with one attached hydrogen (secondary N) is 2. The van der Waals surface area contributed by atoms with Crippen molar-refractivity contribution in [3.63, 3.8) is 0 Å². The van der Waals surface area contributed by atoms with Crippen LogP contribution in [0, 0.1) is 11.6 Å². The third kappa shape index (κ3) is 4.84. The quantitative estimate of drug-likeness (QED) is 0.395. The molecule has 2 aromatic carbocycles. The Morgan fingerprint density at radius 3 is 2.54 bits per heavy atom. The van der Waals surface area contributed by atoms with Crippen LogP contribution in [-0.2, 0) is 6.54 Å². The Hall–Kier alpha value is -1.90. The lowest BCUT2D eigenvalue weighted by molar-refractivity contribution is 0.414. The van der Waals surface area contributed by atoms with Crippen molar-refractivity contribution in [2.45, 2.75) is 24.9 Å². The van der Waals surface area contributed by atoms with Crippen molar-refractivity contribution in [1.29, 1.82) is 0 Å². The van der Waals surface area contributed by atoms with Crippen molar-refractivity contribution in [1.82, 2.24) is 10.6 Å². The van der Waals surface area contributed by atoms with E-state index >= 15 is 0 Å². The van der Waals surface area contributed by atoms with Crippen LogP contribution in [-0.4, -0.2) is 26.2 Å². The van der Waals surface area contributed by atoms with Crippen LogP contribution in [0.3, 0.4) is 0 Å². The number of rotatable bonds is 5. The van der Waals surface area contributed by atoms with Gasteiger partial charge in [-0.25, -0.2) is 8.78 Å². The molecule has 2 atom stereocenters. The van der Waals surface area contributed by atoms with E-state index in [2.05, 4.69) is 15.6 Å². The first kappa shape index (κ1) is 20.4. The van der Waals surface area contributed by atoms with Gasteiger partial charge in [0.2, 0.25) is 0 Å². The minimum absolute atomic E-state index is 0. The highest BCUT2D eigenvalue weighted by Gasteiger charge is 2.42. The van der Waals surface area contributed by atoms with Crippen LogP contribution in [0.25, 0.3) is 0 Å². The molecule has 2 unspecified atom stereocenters. The minimum Gasteiger partial charge on any atom is -0.497 e. The van der Waals surface area contributed by atoms with E-state index in [1.807, 2.05) is 24.3 Å². The summed E-state index contributed by atoms with van der Waals surface area (Å²) in [5, 5.41) is 6.42. The van der Waals surface area contributed by atoms with E-state index < -0.39 is 11.6 Å². The van der Waals surface area contributed by atoms with Crippen molar-refractivity contribution in [2.24, 2.45) is 4.99 Å². The molecule has 1 aliphatic rings. The van der Waals surface area contributed by atoms with Gasteiger partial charge in [-0.1, -0.05) is 18.2 Å². The fraction of sp³-hybridized carbons (Fsp3) is 0.316. The number of nitrogens with zero attached hydrogens (tertiary/aromatic N) is 1. The van der Waals surface area contributed by atoms with Gasteiger partial charge in [0.25, 0.3) is 0 Å². The Morgan fingerprint density at radius 2 is 1.88 bits per heavy atom. The number of hydrogen-bond acceptors (Lipinski definition) is 2. The molecule has 0 saturated heterocycles. The van der Waals surface area contributed by atoms with E-state index in [1.165, 1.54) is 18.2 Å². The van der Waals surface area contributed by atoms with Gasteiger partial charge in [0.1, 0.15) is 17.4 Å². The van der Waals surface area contributed by atoms with Gasteiger partial charge in [0.15, 0.2) is 5.96 Å². The van der Waals surface area contributed by atoms with Gasteiger partial charge in [0.05, 0.1) is 7.11 Å². The highest BCUT2D eigenvalue weighted by Crippen LogP contribution is 2.43. The standard InChI is InChI=1S/C19H21F2N3O.HI/c1-22-19(23-11-12-5-3-6-13(9-12)25-2)24-17-10-14(17)18-15(20)7-4-8-16(18)21;/h3-9,14,17H,10-11H2,1-2H3,(H2,22,23,24);1H. The minimum atomic E-state index is -0.492. The van der Waals surface area contributed by atoms with Crippen LogP contribution in [0.2, 0.25) is 0 Å². The van der Waals surface area contributed by atoms with Crippen LogP contribution in [0.1, 0.15) is 23.5 Å². The third-order valence-electron chi connectivity index (χ3n) is 4.30. The fourth-order valence-corrected chi connectivity index (χ4v) is 2.88. The molecular formula is C19H22F2IN3O. The highest BCUT2D eigenvalue weighted by atomic mass is 127. The molecule has 0 heterocycles. The average molecular weight is 473 g/mol. The Morgan fingerprint density at radius 1 is 1.19 bits per heavy atom. The predicted octanol–water partition coefficient (Wildman–Crippen LogP) is 3.81. The summed E-state index contributed by atoms with van der Waals surface area (Å²) in [6, 6.07) is 11.7. The molecule has 4 nitrogen and oxygen atoms in total. The van der Waals surface area contributed by atoms with Crippen molar-refractivity contribution in [3.8, 4) is 5.75 Å². The molecule has 2 aromatic rings. The molecule has 1 saturated carbocycles. The van der Waals surface area contributed by atoms with E-state index in [-0.39, 0.29) is 41.5 Å². The number of benzene rings is 2. The van der Waals surface area contributed by atoms with Crippen LogP contribution in [0.15, 0.2) is 47.5 Å². The maximum Gasteiger partial charge on any atom is 0.191 e. The van der Waals surface area contributed by atoms with Crippen LogP contribution in [0.5, 0.6) is 5.75 Å². The molecule has 140 valence electrons. The van der Waals surface area contributed by atoms with Gasteiger partial charge in [0, 0.05) is 31.1 Å². The molecule has 0 radical (unpaired) electrons. The molecule has 1 aliphatic carbocycles. The lowest BCUT2D eigenvalue weighted by Gasteiger charge is -2.13. The first-order valence-electron chi connectivity index (χ1n) is 8.16. The predicted molar refractivity (Wildman–Crippen MR) is 109 cm³/mol. The van der Waals surface area contributed by atoms with Gasteiger partial charge in [-0.05, 0) is 36.2 Å². The van der Waals surface area contributed by atoms with E-state index in [0.29, 0.717) is 18.9 Å². The lowest BCUT2D eigenvalue weighted by atomic mass is 10.1. The number of halogens is 3. The summed E-state index contributed by atoms with van der Waals surface area (Å²) in [6.07, 6.45) is 0.678. The zero-order chi connectivity index (χ0) is 17.8. The maximum atomic E-state index is 13.8. The third-order valence-corrected chi connectivity index (χ3v) is 4.30. The molecule has 26 heavy (non-hydrogen) atoms. The normalized spacial score (nSPS) is 18.7. The van der Waals surface area contributed by atoms with Gasteiger partial charge >= 0.3 is 0 Å². The summed E-state index contributed by atoms with van der Waals surface area (Å²) in [5.41, 5.74) is 1.21. The Bertz CT molecular complexity index is 765. The molecule has 2 N–H and O–H groups in total. The SMILES string of the molecule is CN=C(NCc1cccc(OC)c1)NC1CC1c1c(F)cccc1F.I. The summed E-state index contributed by atoms with van der Waals surface area (Å²) in [6.45, 7) is 0.572. The number of hydrogen-bond donors (Lipinski definition) is 2. The molecule has 0 bridgehead atoms. The van der Waals surface area contributed by atoms with Crippen molar-refractivity contribution < 1.29 is 13.5 Å². The van der Waals surface area contributed by atoms with E-state index in [1.54, 1.807) is 14.2 Å². The molecule has 0 amide bonds. The topological polar surface area (TPSA) is 45.7 Å². The van der Waals surface area contributed by atoms with Crippen LogP contribution in [0.4, 0.5) is 8.78 Å². The average Bonchev–Trinajstić information content (AvgIpc) is 3.37. The zero-order valence-electron chi connectivity index (χ0n) is 14.6. The highest BCUT2D eigenvalue weighted by molar-refractivity contribution is 14.0. The van der Waals surface area contributed by atoms with Gasteiger partial charge in [-0.15, -0.1) is 24.0 Å². The monoisotopic (exact) mass is 473 g/mol. The smallest absolute Gasteiger partial charge is 0.191 e. The summed E-state index contributed by atoms with van der Waals surface area (Å²) in [5.74, 6) is 0.241. The second-order valence-electron chi connectivity index (χ2n) is 6.01. The summed E-state index contributed by atoms with van der Waals surface area (Å²) < 4.78 is 32.9. The summed E-state index contributed by atoms with van der Waals surface area (Å²) in [4.78, 5) is 4.17. The Labute approximate surface area is 169 Å². The van der Waals surface area contributed by atoms with Crippen LogP contribution >= 0.6 is 24.0 Å². The zero-order valence-corrected chi connectivity index (χ0v) is 17.0. The number of guanidine groups is 1. The molecule has 3 rings (SSSR count). The maximum absolute atomic E-state index is 13.8. The van der Waals surface area contributed by atoms with Gasteiger partial charge in [-0.2, -0.15) is 0 Å². The Kier molecular flexibility index (Phi) is 7.19. The van der Waals surface area contributed by atoms with E-state index in [4.69, 9.17) is 4.74 Å².